The van der Waals surface area contributed by atoms with Crippen molar-refractivity contribution >= 4 is 5.84 Å². The van der Waals surface area contributed by atoms with Gasteiger partial charge in [0.1, 0.15) is 5.84 Å². The van der Waals surface area contributed by atoms with Crippen molar-refractivity contribution in [3.63, 3.8) is 0 Å². The molecule has 2 fully saturated rings. The Balaban J connectivity index is 1.52. The maximum Gasteiger partial charge on any atom is 0.129 e. The SMILES string of the molecule is N=C1c2ccccc2CN1C1CCN(C2CC2)C1. The van der Waals surface area contributed by atoms with E-state index < -0.39 is 0 Å². The van der Waals surface area contributed by atoms with Gasteiger partial charge in [-0.2, -0.15) is 0 Å². The molecule has 3 aliphatic rings. The summed E-state index contributed by atoms with van der Waals surface area (Å²) in [6.45, 7) is 3.34. The summed E-state index contributed by atoms with van der Waals surface area (Å²) in [6.07, 6.45) is 4.02. The summed E-state index contributed by atoms with van der Waals surface area (Å²) in [5, 5.41) is 8.35. The van der Waals surface area contributed by atoms with Crippen molar-refractivity contribution in [2.45, 2.75) is 37.9 Å². The summed E-state index contributed by atoms with van der Waals surface area (Å²) < 4.78 is 0. The fourth-order valence-electron chi connectivity index (χ4n) is 3.41. The van der Waals surface area contributed by atoms with Crippen LogP contribution in [0.3, 0.4) is 0 Å². The lowest BCUT2D eigenvalue weighted by molar-refractivity contribution is 0.274. The van der Waals surface area contributed by atoms with Gasteiger partial charge in [-0.1, -0.05) is 24.3 Å². The average molecular weight is 241 g/mol. The predicted octanol–water partition coefficient (Wildman–Crippen LogP) is 2.06. The van der Waals surface area contributed by atoms with Crippen LogP contribution in [0, 0.1) is 5.41 Å². The molecular weight excluding hydrogens is 222 g/mol. The molecule has 2 aliphatic heterocycles. The van der Waals surface area contributed by atoms with Crippen molar-refractivity contribution in [1.29, 1.82) is 5.41 Å². The topological polar surface area (TPSA) is 30.3 Å². The molecule has 1 aliphatic carbocycles. The molecule has 1 saturated carbocycles. The molecule has 1 saturated heterocycles. The third kappa shape index (κ3) is 1.57. The third-order valence-corrected chi connectivity index (χ3v) is 4.60. The van der Waals surface area contributed by atoms with E-state index in [-0.39, 0.29) is 0 Å². The Kier molecular flexibility index (Phi) is 2.24. The van der Waals surface area contributed by atoms with Gasteiger partial charge in [0.15, 0.2) is 0 Å². The molecule has 3 heteroatoms. The van der Waals surface area contributed by atoms with Crippen LogP contribution in [-0.2, 0) is 6.54 Å². The van der Waals surface area contributed by atoms with Crippen LogP contribution in [0.15, 0.2) is 24.3 Å². The number of benzene rings is 1. The van der Waals surface area contributed by atoms with Gasteiger partial charge in [-0.25, -0.2) is 0 Å². The predicted molar refractivity (Wildman–Crippen MR) is 71.8 cm³/mol. The summed E-state index contributed by atoms with van der Waals surface area (Å²) in [6, 6.07) is 9.81. The molecule has 0 amide bonds. The van der Waals surface area contributed by atoms with Crippen LogP contribution in [0.4, 0.5) is 0 Å². The van der Waals surface area contributed by atoms with E-state index in [1.54, 1.807) is 0 Å². The molecule has 1 unspecified atom stereocenters. The second kappa shape index (κ2) is 3.82. The van der Waals surface area contributed by atoms with Gasteiger partial charge < -0.3 is 4.90 Å². The molecule has 4 rings (SSSR count). The minimum Gasteiger partial charge on any atom is -0.348 e. The van der Waals surface area contributed by atoms with E-state index in [0.29, 0.717) is 6.04 Å². The van der Waals surface area contributed by atoms with Crippen molar-refractivity contribution < 1.29 is 0 Å². The molecule has 1 aromatic rings. The normalized spacial score (nSPS) is 27.9. The number of amidine groups is 1. The van der Waals surface area contributed by atoms with Gasteiger partial charge in [-0.3, -0.25) is 10.3 Å². The maximum absolute atomic E-state index is 8.35. The molecule has 0 bridgehead atoms. The van der Waals surface area contributed by atoms with E-state index >= 15 is 0 Å². The van der Waals surface area contributed by atoms with Gasteiger partial charge in [0.05, 0.1) is 0 Å². The molecule has 1 atom stereocenters. The molecule has 94 valence electrons. The molecule has 1 N–H and O–H groups in total. The van der Waals surface area contributed by atoms with Crippen LogP contribution in [-0.4, -0.2) is 40.8 Å². The first kappa shape index (κ1) is 10.6. The molecule has 18 heavy (non-hydrogen) atoms. The van der Waals surface area contributed by atoms with Crippen LogP contribution in [0.2, 0.25) is 0 Å². The summed E-state index contributed by atoms with van der Waals surface area (Å²) in [4.78, 5) is 4.94. The summed E-state index contributed by atoms with van der Waals surface area (Å²) in [7, 11) is 0. The second-order valence-electron chi connectivity index (χ2n) is 5.80. The lowest BCUT2D eigenvalue weighted by atomic mass is 10.1. The zero-order valence-corrected chi connectivity index (χ0v) is 10.6. The Labute approximate surface area is 108 Å². The quantitative estimate of drug-likeness (QED) is 0.859. The highest BCUT2D eigenvalue weighted by Crippen LogP contribution is 2.33. The van der Waals surface area contributed by atoms with Crippen molar-refractivity contribution in [2.24, 2.45) is 0 Å². The van der Waals surface area contributed by atoms with Crippen molar-refractivity contribution in [2.75, 3.05) is 13.1 Å². The van der Waals surface area contributed by atoms with E-state index in [1.807, 2.05) is 6.07 Å². The first-order valence-electron chi connectivity index (χ1n) is 7.00. The van der Waals surface area contributed by atoms with E-state index in [2.05, 4.69) is 28.0 Å². The minimum atomic E-state index is 0.561. The van der Waals surface area contributed by atoms with Gasteiger partial charge in [0, 0.05) is 37.3 Å². The maximum atomic E-state index is 8.35. The largest absolute Gasteiger partial charge is 0.348 e. The van der Waals surface area contributed by atoms with Gasteiger partial charge in [0.2, 0.25) is 0 Å². The Morgan fingerprint density at radius 1 is 1.06 bits per heavy atom. The summed E-state index contributed by atoms with van der Waals surface area (Å²) >= 11 is 0. The lowest BCUT2D eigenvalue weighted by Gasteiger charge is -2.26. The van der Waals surface area contributed by atoms with Crippen molar-refractivity contribution in [1.82, 2.24) is 9.80 Å². The van der Waals surface area contributed by atoms with Gasteiger partial charge >= 0.3 is 0 Å². The zero-order valence-electron chi connectivity index (χ0n) is 10.6. The molecule has 2 heterocycles. The summed E-state index contributed by atoms with van der Waals surface area (Å²) in [5.41, 5.74) is 2.47. The van der Waals surface area contributed by atoms with Crippen LogP contribution in [0.5, 0.6) is 0 Å². The van der Waals surface area contributed by atoms with E-state index in [4.69, 9.17) is 5.41 Å². The number of hydrogen-bond acceptors (Lipinski definition) is 2. The fraction of sp³-hybridized carbons (Fsp3) is 0.533. The van der Waals surface area contributed by atoms with Crippen LogP contribution < -0.4 is 0 Å². The lowest BCUT2D eigenvalue weighted by Crippen LogP contribution is -2.38. The Morgan fingerprint density at radius 3 is 2.67 bits per heavy atom. The number of hydrogen-bond donors (Lipinski definition) is 1. The third-order valence-electron chi connectivity index (χ3n) is 4.60. The van der Waals surface area contributed by atoms with Crippen molar-refractivity contribution in [3.8, 4) is 0 Å². The smallest absolute Gasteiger partial charge is 0.129 e. The van der Waals surface area contributed by atoms with Crippen LogP contribution in [0.1, 0.15) is 30.4 Å². The molecule has 1 aromatic carbocycles. The van der Waals surface area contributed by atoms with Crippen LogP contribution in [0.25, 0.3) is 0 Å². The highest BCUT2D eigenvalue weighted by atomic mass is 15.3. The Hall–Kier alpha value is -1.35. The minimum absolute atomic E-state index is 0.561. The highest BCUT2D eigenvalue weighted by molar-refractivity contribution is 6.00. The molecule has 0 radical (unpaired) electrons. The van der Waals surface area contributed by atoms with Gasteiger partial charge in [-0.05, 0) is 24.8 Å². The molecule has 0 aromatic heterocycles. The summed E-state index contributed by atoms with van der Waals surface area (Å²) in [5.74, 6) is 0.744. The first-order valence-corrected chi connectivity index (χ1v) is 7.00. The average Bonchev–Trinajstić information content (AvgIpc) is 3.04. The number of nitrogens with zero attached hydrogens (tertiary/aromatic N) is 2. The number of fused-ring (bicyclic) bond motifs is 1. The highest BCUT2D eigenvalue weighted by Gasteiger charge is 2.38. The zero-order chi connectivity index (χ0) is 12.1. The molecule has 3 nitrogen and oxygen atoms in total. The van der Waals surface area contributed by atoms with Crippen molar-refractivity contribution in [3.05, 3.63) is 35.4 Å². The fourth-order valence-corrected chi connectivity index (χ4v) is 3.41. The molecular formula is C15H19N3. The van der Waals surface area contributed by atoms with E-state index in [1.165, 1.54) is 37.9 Å². The van der Waals surface area contributed by atoms with Gasteiger partial charge in [-0.15, -0.1) is 0 Å². The van der Waals surface area contributed by atoms with Crippen LogP contribution >= 0.6 is 0 Å². The first-order chi connectivity index (χ1) is 8.83. The Bertz CT molecular complexity index is 492. The monoisotopic (exact) mass is 241 g/mol. The number of rotatable bonds is 2. The van der Waals surface area contributed by atoms with E-state index in [9.17, 15) is 0 Å². The number of likely N-dealkylation sites (tertiary alicyclic amines) is 1. The second-order valence-corrected chi connectivity index (χ2v) is 5.80. The Morgan fingerprint density at radius 2 is 1.89 bits per heavy atom. The van der Waals surface area contributed by atoms with E-state index in [0.717, 1.165) is 24.0 Å². The molecule has 0 spiro atoms. The number of nitrogens with one attached hydrogen (secondary N) is 1. The van der Waals surface area contributed by atoms with Gasteiger partial charge in [0.25, 0.3) is 0 Å². The standard InChI is InChI=1S/C15H19N3/c16-15-14-4-2-1-3-11(14)9-18(15)13-7-8-17(10-13)12-5-6-12/h1-4,12-13,16H,5-10H2.